The lowest BCUT2D eigenvalue weighted by atomic mass is 10.2. The summed E-state index contributed by atoms with van der Waals surface area (Å²) in [6.45, 7) is 4.33. The third-order valence-corrected chi connectivity index (χ3v) is 3.59. The summed E-state index contributed by atoms with van der Waals surface area (Å²) >= 11 is 0. The number of benzene rings is 1. The largest absolute Gasteiger partial charge is 0.494 e. The van der Waals surface area contributed by atoms with Crippen molar-refractivity contribution in [3.05, 3.63) is 72.4 Å². The number of ether oxygens (including phenoxy) is 1. The van der Waals surface area contributed by atoms with Crippen molar-refractivity contribution >= 4 is 23.0 Å². The Hall–Kier alpha value is -3.61. The number of anilines is 2. The van der Waals surface area contributed by atoms with Crippen molar-refractivity contribution in [2.75, 3.05) is 17.2 Å². The van der Waals surface area contributed by atoms with Crippen LogP contribution in [-0.2, 0) is 4.79 Å². The maximum absolute atomic E-state index is 12.7. The molecule has 3 aromatic rings. The van der Waals surface area contributed by atoms with Crippen molar-refractivity contribution in [3.8, 4) is 5.75 Å². The highest BCUT2D eigenvalue weighted by Gasteiger charge is 2.17. The van der Waals surface area contributed by atoms with Crippen LogP contribution in [-0.4, -0.2) is 22.7 Å². The van der Waals surface area contributed by atoms with Crippen LogP contribution in [0, 0.1) is 6.92 Å². The van der Waals surface area contributed by atoms with E-state index in [1.807, 2.05) is 31.2 Å². The van der Waals surface area contributed by atoms with E-state index < -0.39 is 0 Å². The third-order valence-electron chi connectivity index (χ3n) is 3.59. The number of pyridine rings is 1. The van der Waals surface area contributed by atoms with Crippen LogP contribution in [0.2, 0.25) is 0 Å². The van der Waals surface area contributed by atoms with E-state index in [1.54, 1.807) is 43.6 Å². The van der Waals surface area contributed by atoms with Gasteiger partial charge in [0.15, 0.2) is 5.76 Å². The molecule has 3 rings (SSSR count). The maximum Gasteiger partial charge on any atom is 0.262 e. The summed E-state index contributed by atoms with van der Waals surface area (Å²) in [6, 6.07) is 14.4. The first-order chi connectivity index (χ1) is 13.2. The van der Waals surface area contributed by atoms with Crippen molar-refractivity contribution in [1.82, 2.24) is 10.1 Å². The SMILES string of the molecule is CCOc1ccc(NC=C(C(=O)Nc2ccccn2)c2cc(C)no2)cc1. The highest BCUT2D eigenvalue weighted by Crippen LogP contribution is 2.20. The maximum atomic E-state index is 12.7. The molecular weight excluding hydrogens is 344 g/mol. The molecule has 138 valence electrons. The molecule has 0 aliphatic rings. The summed E-state index contributed by atoms with van der Waals surface area (Å²) < 4.78 is 10.7. The van der Waals surface area contributed by atoms with E-state index in [2.05, 4.69) is 20.8 Å². The summed E-state index contributed by atoms with van der Waals surface area (Å²) in [6.07, 6.45) is 3.18. The number of amides is 1. The van der Waals surface area contributed by atoms with Gasteiger partial charge in [0.2, 0.25) is 0 Å². The second-order valence-electron chi connectivity index (χ2n) is 5.66. The Morgan fingerprint density at radius 2 is 2.04 bits per heavy atom. The lowest BCUT2D eigenvalue weighted by Crippen LogP contribution is -2.15. The molecule has 0 aliphatic heterocycles. The molecule has 0 fully saturated rings. The van der Waals surface area contributed by atoms with Gasteiger partial charge in [-0.2, -0.15) is 0 Å². The monoisotopic (exact) mass is 364 g/mol. The minimum Gasteiger partial charge on any atom is -0.494 e. The number of hydrogen-bond donors (Lipinski definition) is 2. The van der Waals surface area contributed by atoms with Crippen molar-refractivity contribution in [1.29, 1.82) is 0 Å². The van der Waals surface area contributed by atoms with Crippen LogP contribution in [0.15, 0.2) is 65.5 Å². The zero-order chi connectivity index (χ0) is 19.1. The van der Waals surface area contributed by atoms with Crippen LogP contribution >= 0.6 is 0 Å². The molecule has 1 amide bonds. The van der Waals surface area contributed by atoms with Crippen LogP contribution in [0.3, 0.4) is 0 Å². The van der Waals surface area contributed by atoms with Gasteiger partial charge in [-0.25, -0.2) is 4.98 Å². The molecule has 0 atom stereocenters. The fourth-order valence-corrected chi connectivity index (χ4v) is 2.33. The van der Waals surface area contributed by atoms with Crippen LogP contribution < -0.4 is 15.4 Å². The Morgan fingerprint density at radius 3 is 2.67 bits per heavy atom. The highest BCUT2D eigenvalue weighted by molar-refractivity contribution is 6.24. The molecule has 2 N–H and O–H groups in total. The summed E-state index contributed by atoms with van der Waals surface area (Å²) in [5.41, 5.74) is 1.79. The Labute approximate surface area is 157 Å². The lowest BCUT2D eigenvalue weighted by Gasteiger charge is -2.08. The highest BCUT2D eigenvalue weighted by atomic mass is 16.5. The van der Waals surface area contributed by atoms with Gasteiger partial charge >= 0.3 is 0 Å². The number of aromatic nitrogens is 2. The van der Waals surface area contributed by atoms with E-state index in [1.165, 1.54) is 0 Å². The van der Waals surface area contributed by atoms with Gasteiger partial charge in [-0.05, 0) is 50.2 Å². The van der Waals surface area contributed by atoms with Crippen molar-refractivity contribution in [2.24, 2.45) is 0 Å². The van der Waals surface area contributed by atoms with Crippen molar-refractivity contribution < 1.29 is 14.1 Å². The Balaban J connectivity index is 1.81. The van der Waals surface area contributed by atoms with E-state index in [0.717, 1.165) is 11.4 Å². The zero-order valence-electron chi connectivity index (χ0n) is 15.1. The quantitative estimate of drug-likeness (QED) is 0.619. The molecule has 0 saturated carbocycles. The van der Waals surface area contributed by atoms with Crippen LogP contribution in [0.4, 0.5) is 11.5 Å². The molecule has 0 spiro atoms. The second-order valence-corrected chi connectivity index (χ2v) is 5.66. The molecule has 0 unspecified atom stereocenters. The molecule has 2 aromatic heterocycles. The molecule has 7 heteroatoms. The number of nitrogens with one attached hydrogen (secondary N) is 2. The van der Waals surface area contributed by atoms with Gasteiger partial charge in [0.25, 0.3) is 5.91 Å². The Bertz CT molecular complexity index is 918. The molecule has 0 aliphatic carbocycles. The molecule has 0 saturated heterocycles. The zero-order valence-corrected chi connectivity index (χ0v) is 15.1. The van der Waals surface area contributed by atoms with E-state index in [4.69, 9.17) is 9.26 Å². The van der Waals surface area contributed by atoms with Gasteiger partial charge in [0.05, 0.1) is 12.3 Å². The summed E-state index contributed by atoms with van der Waals surface area (Å²) in [7, 11) is 0. The van der Waals surface area contributed by atoms with E-state index in [-0.39, 0.29) is 5.91 Å². The standard InChI is InChI=1S/C20H20N4O3/c1-3-26-16-9-7-15(8-10-16)22-13-17(18-12-14(2)24-27-18)20(25)23-19-6-4-5-11-21-19/h4-13,22H,3H2,1-2H3,(H,21,23,25). The van der Waals surface area contributed by atoms with Gasteiger partial charge < -0.3 is 19.9 Å². The van der Waals surface area contributed by atoms with Gasteiger partial charge in [-0.1, -0.05) is 11.2 Å². The molecular formula is C20H20N4O3. The first-order valence-corrected chi connectivity index (χ1v) is 8.51. The number of hydrogen-bond acceptors (Lipinski definition) is 6. The van der Waals surface area contributed by atoms with E-state index >= 15 is 0 Å². The number of nitrogens with zero attached hydrogens (tertiary/aromatic N) is 2. The molecule has 0 bridgehead atoms. The topological polar surface area (TPSA) is 89.3 Å². The smallest absolute Gasteiger partial charge is 0.262 e. The molecule has 2 heterocycles. The normalized spacial score (nSPS) is 11.1. The minimum atomic E-state index is -0.358. The van der Waals surface area contributed by atoms with Crippen LogP contribution in [0.25, 0.3) is 5.57 Å². The van der Waals surface area contributed by atoms with Crippen LogP contribution in [0.5, 0.6) is 5.75 Å². The van der Waals surface area contributed by atoms with Gasteiger partial charge in [0.1, 0.15) is 17.1 Å². The third kappa shape index (κ3) is 4.94. The molecule has 1 aromatic carbocycles. The predicted molar refractivity (Wildman–Crippen MR) is 103 cm³/mol. The Morgan fingerprint density at radius 1 is 1.22 bits per heavy atom. The lowest BCUT2D eigenvalue weighted by molar-refractivity contribution is -0.111. The van der Waals surface area contributed by atoms with E-state index in [0.29, 0.717) is 29.5 Å². The van der Waals surface area contributed by atoms with Gasteiger partial charge in [-0.3, -0.25) is 4.79 Å². The second kappa shape index (κ2) is 8.66. The molecule has 0 radical (unpaired) electrons. The fourth-order valence-electron chi connectivity index (χ4n) is 2.33. The number of aryl methyl sites for hydroxylation is 1. The minimum absolute atomic E-state index is 0.301. The summed E-state index contributed by atoms with van der Waals surface area (Å²) in [4.78, 5) is 16.8. The molecule has 7 nitrogen and oxygen atoms in total. The number of carbonyl (C=O) groups excluding carboxylic acids is 1. The fraction of sp³-hybridized carbons (Fsp3) is 0.150. The van der Waals surface area contributed by atoms with Crippen LogP contribution in [0.1, 0.15) is 18.4 Å². The summed E-state index contributed by atoms with van der Waals surface area (Å²) in [5, 5.41) is 9.71. The molecule has 27 heavy (non-hydrogen) atoms. The Kier molecular flexibility index (Phi) is 5.84. The van der Waals surface area contributed by atoms with Gasteiger partial charge in [-0.15, -0.1) is 0 Å². The number of carbonyl (C=O) groups is 1. The van der Waals surface area contributed by atoms with Gasteiger partial charge in [0, 0.05) is 24.2 Å². The van der Waals surface area contributed by atoms with E-state index in [9.17, 15) is 4.79 Å². The first kappa shape index (κ1) is 18.2. The summed E-state index contributed by atoms with van der Waals surface area (Å²) in [5.74, 6) is 1.24. The average Bonchev–Trinajstić information content (AvgIpc) is 3.10. The van der Waals surface area contributed by atoms with Crippen molar-refractivity contribution in [2.45, 2.75) is 13.8 Å². The first-order valence-electron chi connectivity index (χ1n) is 8.51. The number of rotatable bonds is 7. The average molecular weight is 364 g/mol. The predicted octanol–water partition coefficient (Wildman–Crippen LogP) is 3.87. The van der Waals surface area contributed by atoms with Crippen molar-refractivity contribution in [3.63, 3.8) is 0 Å².